The molecule has 2 aliphatic rings. The molecule has 1 aliphatic heterocycles. The normalized spacial score (nSPS) is 24.9. The fourth-order valence-corrected chi connectivity index (χ4v) is 5.22. The number of hydrogen-bond donors (Lipinski definition) is 0. The minimum absolute atomic E-state index is 0.0730. The van der Waals surface area contributed by atoms with E-state index in [9.17, 15) is 0 Å². The maximum atomic E-state index is 2.47. The van der Waals surface area contributed by atoms with Crippen molar-refractivity contribution in [3.8, 4) is 0 Å². The van der Waals surface area contributed by atoms with E-state index in [4.69, 9.17) is 0 Å². The summed E-state index contributed by atoms with van der Waals surface area (Å²) in [4.78, 5) is 0. The van der Waals surface area contributed by atoms with Gasteiger partial charge < -0.3 is 0 Å². The molecule has 0 aromatic heterocycles. The Kier molecular flexibility index (Phi) is 1.73. The Hall–Kier alpha value is 0.376. The summed E-state index contributed by atoms with van der Waals surface area (Å²) in [6.45, 7) is 0. The molecule has 0 unspecified atom stereocenters. The first-order chi connectivity index (χ1) is 4.47. The molecule has 0 saturated heterocycles. The molecule has 48 valence electrons. The average molecular weight is 315 g/mol. The summed E-state index contributed by atoms with van der Waals surface area (Å²) in [7, 11) is 0. The van der Waals surface area contributed by atoms with Gasteiger partial charge in [-0.05, 0) is 0 Å². The Morgan fingerprint density at radius 1 is 1.22 bits per heavy atom. The molecule has 0 atom stereocenters. The van der Waals surface area contributed by atoms with E-state index in [0.717, 1.165) is 0 Å². The van der Waals surface area contributed by atoms with Gasteiger partial charge in [0, 0.05) is 0 Å². The van der Waals surface area contributed by atoms with E-state index in [0.29, 0.717) is 0 Å². The van der Waals surface area contributed by atoms with Crippen LogP contribution in [0.2, 0.25) is 0 Å². The molecule has 0 amide bonds. The van der Waals surface area contributed by atoms with Crippen molar-refractivity contribution in [3.63, 3.8) is 0 Å². The van der Waals surface area contributed by atoms with E-state index in [1.54, 1.807) is 5.57 Å². The van der Waals surface area contributed by atoms with Gasteiger partial charge in [0.1, 0.15) is 0 Å². The Bertz CT molecular complexity index is 177. The topological polar surface area (TPSA) is 0 Å². The fourth-order valence-electron chi connectivity index (χ4n) is 1.41. The third-order valence-corrected chi connectivity index (χ3v) is 5.91. The second-order valence-corrected chi connectivity index (χ2v) is 6.47. The van der Waals surface area contributed by atoms with Crippen molar-refractivity contribution in [1.82, 2.24) is 0 Å². The summed E-state index contributed by atoms with van der Waals surface area (Å²) in [5.41, 5.74) is 1.73. The van der Waals surface area contributed by atoms with E-state index in [1.807, 2.05) is 3.23 Å². The van der Waals surface area contributed by atoms with Crippen LogP contribution < -0.4 is 0 Å². The van der Waals surface area contributed by atoms with Gasteiger partial charge in [-0.2, -0.15) is 0 Å². The molecule has 0 spiro atoms. The first kappa shape index (κ1) is 6.11. The van der Waals surface area contributed by atoms with Crippen LogP contribution in [-0.4, -0.2) is 23.6 Å². The average Bonchev–Trinajstić information content (AvgIpc) is 2.33. The van der Waals surface area contributed by atoms with Gasteiger partial charge in [-0.1, -0.05) is 0 Å². The standard InChI is InChI=1S/C8H10.Po/c1-2-8-6-4-3-5-7-8;/h1-2H,3-6H2;. The van der Waals surface area contributed by atoms with Crippen LogP contribution in [-0.2, 0) is 0 Å². The predicted molar refractivity (Wildman–Crippen MR) is 40.4 cm³/mol. The van der Waals surface area contributed by atoms with Gasteiger partial charge in [-0.15, -0.1) is 0 Å². The molecule has 2 rings (SSSR count). The Balaban J connectivity index is 2.24. The molecule has 0 N–H and O–H groups in total. The van der Waals surface area contributed by atoms with Gasteiger partial charge in [0.15, 0.2) is 0 Å². The molecular formula is C8H10Po. The first-order valence-corrected chi connectivity index (χ1v) is 6.94. The van der Waals surface area contributed by atoms with Crippen LogP contribution >= 0.6 is 0 Å². The van der Waals surface area contributed by atoms with Crippen LogP contribution in [0.25, 0.3) is 0 Å². The summed E-state index contributed by atoms with van der Waals surface area (Å²) in [5.74, 6) is 0. The zero-order valence-corrected chi connectivity index (χ0v) is 8.57. The van der Waals surface area contributed by atoms with Crippen LogP contribution in [0.15, 0.2) is 18.6 Å². The van der Waals surface area contributed by atoms with Crippen molar-refractivity contribution >= 4 is 23.6 Å². The molecule has 0 aromatic carbocycles. The molecule has 1 heteroatoms. The molecule has 0 radical (unpaired) electrons. The van der Waals surface area contributed by atoms with Gasteiger partial charge in [-0.25, -0.2) is 0 Å². The minimum atomic E-state index is -0.0730. The van der Waals surface area contributed by atoms with Crippen LogP contribution in [0, 0.1) is 0 Å². The third kappa shape index (κ3) is 1.13. The zero-order valence-electron chi connectivity index (χ0n) is 5.39. The molecule has 0 saturated carbocycles. The monoisotopic (exact) mass is 315 g/mol. The second kappa shape index (κ2) is 2.55. The Morgan fingerprint density at radius 3 is 3.00 bits per heavy atom. The number of allylic oxidation sites excluding steroid dienone is 3. The SMILES string of the molecule is [CH]1=CC2=[C](CCCC2)[Po]1. The summed E-state index contributed by atoms with van der Waals surface area (Å²) in [6.07, 6.45) is 8.15. The van der Waals surface area contributed by atoms with E-state index in [1.165, 1.54) is 25.7 Å². The summed E-state index contributed by atoms with van der Waals surface area (Å²) >= 11 is -0.0730. The van der Waals surface area contributed by atoms with Crippen molar-refractivity contribution in [2.24, 2.45) is 0 Å². The molecule has 0 nitrogen and oxygen atoms in total. The van der Waals surface area contributed by atoms with Gasteiger partial charge >= 0.3 is 67.9 Å². The van der Waals surface area contributed by atoms with E-state index in [2.05, 4.69) is 9.81 Å². The quantitative estimate of drug-likeness (QED) is 0.642. The molecular weight excluding hydrogens is 305 g/mol. The van der Waals surface area contributed by atoms with Gasteiger partial charge in [0.2, 0.25) is 0 Å². The molecule has 9 heavy (non-hydrogen) atoms. The van der Waals surface area contributed by atoms with Crippen LogP contribution in [0.1, 0.15) is 25.7 Å². The number of rotatable bonds is 0. The van der Waals surface area contributed by atoms with E-state index < -0.39 is 0 Å². The molecule has 0 bridgehead atoms. The van der Waals surface area contributed by atoms with Gasteiger partial charge in [0.05, 0.1) is 0 Å². The van der Waals surface area contributed by atoms with Crippen molar-refractivity contribution in [1.29, 1.82) is 0 Å². The van der Waals surface area contributed by atoms with Gasteiger partial charge in [0.25, 0.3) is 0 Å². The van der Waals surface area contributed by atoms with Crippen molar-refractivity contribution in [2.75, 3.05) is 0 Å². The Morgan fingerprint density at radius 2 is 2.11 bits per heavy atom. The zero-order chi connectivity index (χ0) is 6.10. The predicted octanol–water partition coefficient (Wildman–Crippen LogP) is 2.05. The Labute approximate surface area is 67.8 Å². The fraction of sp³-hybridized carbons (Fsp3) is 0.500. The molecule has 1 heterocycles. The van der Waals surface area contributed by atoms with Crippen molar-refractivity contribution < 1.29 is 0 Å². The second-order valence-electron chi connectivity index (χ2n) is 2.58. The summed E-state index contributed by atoms with van der Waals surface area (Å²) in [5, 5.41) is 0. The van der Waals surface area contributed by atoms with Crippen molar-refractivity contribution in [2.45, 2.75) is 25.7 Å². The summed E-state index contributed by atoms with van der Waals surface area (Å²) < 4.78 is 4.36. The van der Waals surface area contributed by atoms with Crippen LogP contribution in [0.5, 0.6) is 0 Å². The third-order valence-electron chi connectivity index (χ3n) is 1.94. The van der Waals surface area contributed by atoms with E-state index >= 15 is 0 Å². The molecule has 0 fully saturated rings. The molecule has 0 aromatic rings. The van der Waals surface area contributed by atoms with Crippen LogP contribution in [0.3, 0.4) is 0 Å². The first-order valence-electron chi connectivity index (χ1n) is 3.52. The van der Waals surface area contributed by atoms with Crippen LogP contribution in [0.4, 0.5) is 0 Å². The number of hydrogen-bond acceptors (Lipinski definition) is 0. The summed E-state index contributed by atoms with van der Waals surface area (Å²) in [6, 6.07) is 0. The van der Waals surface area contributed by atoms with Gasteiger partial charge in [-0.3, -0.25) is 0 Å². The molecule has 1 aliphatic carbocycles. The maximum absolute atomic E-state index is 2.47. The van der Waals surface area contributed by atoms with E-state index in [-0.39, 0.29) is 23.6 Å². The van der Waals surface area contributed by atoms with Crippen molar-refractivity contribution in [3.05, 3.63) is 18.6 Å².